The molecule has 1 aromatic heterocycles. The Labute approximate surface area is 179 Å². The maximum Gasteiger partial charge on any atom is 0.407 e. The van der Waals surface area contributed by atoms with Crippen LogP contribution >= 0.6 is 0 Å². The average Bonchev–Trinajstić information content (AvgIpc) is 3.28. The molecule has 1 aliphatic heterocycles. The van der Waals surface area contributed by atoms with Crippen molar-refractivity contribution in [3.05, 3.63) is 89.7 Å². The minimum absolute atomic E-state index is 0.436. The maximum absolute atomic E-state index is 11.4. The molecule has 1 saturated heterocycles. The number of amides is 1. The van der Waals surface area contributed by atoms with Crippen molar-refractivity contribution < 1.29 is 9.90 Å². The molecule has 7 nitrogen and oxygen atoms in total. The Morgan fingerprint density at radius 3 is 2.39 bits per heavy atom. The van der Waals surface area contributed by atoms with Crippen LogP contribution in [0, 0.1) is 0 Å². The van der Waals surface area contributed by atoms with Crippen molar-refractivity contribution in [3.8, 4) is 0 Å². The van der Waals surface area contributed by atoms with E-state index in [-0.39, 0.29) is 0 Å². The summed E-state index contributed by atoms with van der Waals surface area (Å²) in [5.41, 5.74) is 1.77. The van der Waals surface area contributed by atoms with Gasteiger partial charge in [0.2, 0.25) is 0 Å². The smallest absolute Gasteiger partial charge is 0.407 e. The number of carbonyl (C=O) groups is 1. The van der Waals surface area contributed by atoms with Gasteiger partial charge in [0.15, 0.2) is 5.82 Å². The molecule has 0 radical (unpaired) electrons. The summed E-state index contributed by atoms with van der Waals surface area (Å²) in [6, 6.07) is 24.7. The van der Waals surface area contributed by atoms with Gasteiger partial charge in [0, 0.05) is 13.1 Å². The van der Waals surface area contributed by atoms with Crippen molar-refractivity contribution in [2.24, 2.45) is 0 Å². The summed E-state index contributed by atoms with van der Waals surface area (Å²) in [6.07, 6.45) is 0.380. The lowest BCUT2D eigenvalue weighted by molar-refractivity contribution is 0.121. The molecule has 0 atom stereocenters. The fourth-order valence-corrected chi connectivity index (χ4v) is 4.48. The van der Waals surface area contributed by atoms with Crippen molar-refractivity contribution in [1.29, 1.82) is 0 Å². The summed E-state index contributed by atoms with van der Waals surface area (Å²) < 4.78 is 0. The fraction of sp³-hybridized carbons (Fsp3) is 0.250. The molecule has 0 spiro atoms. The van der Waals surface area contributed by atoms with Gasteiger partial charge in [-0.25, -0.2) is 4.79 Å². The summed E-state index contributed by atoms with van der Waals surface area (Å²) in [5, 5.41) is 25.3. The van der Waals surface area contributed by atoms with E-state index in [9.17, 15) is 9.90 Å². The number of piperidine rings is 1. The first kappa shape index (κ1) is 19.2. The zero-order valence-electron chi connectivity index (χ0n) is 17.1. The Morgan fingerprint density at radius 1 is 0.935 bits per heavy atom. The number of nitrogens with zero attached hydrogens (tertiary/aromatic N) is 5. The molecule has 31 heavy (non-hydrogen) atoms. The molecule has 2 heterocycles. The molecular formula is C24H23N5O2. The van der Waals surface area contributed by atoms with Crippen molar-refractivity contribution in [2.45, 2.75) is 24.8 Å². The highest BCUT2D eigenvalue weighted by atomic mass is 16.4. The lowest BCUT2D eigenvalue weighted by Gasteiger charge is -2.39. The van der Waals surface area contributed by atoms with Crippen LogP contribution < -0.4 is 0 Å². The second kappa shape index (κ2) is 7.83. The van der Waals surface area contributed by atoms with Crippen LogP contribution in [0.5, 0.6) is 0 Å². The molecule has 156 valence electrons. The van der Waals surface area contributed by atoms with Gasteiger partial charge in [0.25, 0.3) is 0 Å². The van der Waals surface area contributed by atoms with Crippen LogP contribution in [0.2, 0.25) is 0 Å². The van der Waals surface area contributed by atoms with E-state index >= 15 is 0 Å². The Bertz CT molecular complexity index is 1210. The monoisotopic (exact) mass is 413 g/mol. The summed E-state index contributed by atoms with van der Waals surface area (Å²) in [6.45, 7) is 1.43. The van der Waals surface area contributed by atoms with Gasteiger partial charge in [0.05, 0.1) is 12.0 Å². The number of carboxylic acid groups (broad SMARTS) is 1. The number of fused-ring (bicyclic) bond motifs is 1. The van der Waals surface area contributed by atoms with Gasteiger partial charge in [-0.2, -0.15) is 4.80 Å². The summed E-state index contributed by atoms with van der Waals surface area (Å²) in [5.74, 6) is 0.657. The van der Waals surface area contributed by atoms with Crippen LogP contribution in [-0.2, 0) is 12.0 Å². The van der Waals surface area contributed by atoms with E-state index in [1.807, 2.05) is 30.3 Å². The highest BCUT2D eigenvalue weighted by Gasteiger charge is 2.42. The third-order valence-corrected chi connectivity index (χ3v) is 6.23. The van der Waals surface area contributed by atoms with Gasteiger partial charge >= 0.3 is 6.09 Å². The predicted molar refractivity (Wildman–Crippen MR) is 117 cm³/mol. The van der Waals surface area contributed by atoms with Crippen molar-refractivity contribution in [2.75, 3.05) is 13.1 Å². The number of tetrazole rings is 1. The zero-order valence-corrected chi connectivity index (χ0v) is 17.1. The van der Waals surface area contributed by atoms with Crippen LogP contribution in [0.25, 0.3) is 10.8 Å². The van der Waals surface area contributed by atoms with E-state index in [4.69, 9.17) is 5.10 Å². The molecule has 0 bridgehead atoms. The molecule has 0 saturated carbocycles. The van der Waals surface area contributed by atoms with Crippen molar-refractivity contribution in [1.82, 2.24) is 25.1 Å². The van der Waals surface area contributed by atoms with Crippen LogP contribution in [0.1, 0.15) is 29.8 Å². The number of hydrogen-bond donors (Lipinski definition) is 1. The van der Waals surface area contributed by atoms with Crippen molar-refractivity contribution >= 4 is 16.9 Å². The zero-order chi connectivity index (χ0) is 21.3. The van der Waals surface area contributed by atoms with Crippen LogP contribution in [0.4, 0.5) is 4.79 Å². The lowest BCUT2D eigenvalue weighted by atomic mass is 9.72. The van der Waals surface area contributed by atoms with Gasteiger partial charge < -0.3 is 10.0 Å². The second-order valence-electron chi connectivity index (χ2n) is 8.04. The average molecular weight is 413 g/mol. The molecule has 3 aromatic carbocycles. The lowest BCUT2D eigenvalue weighted by Crippen LogP contribution is -2.45. The van der Waals surface area contributed by atoms with Gasteiger partial charge in [-0.1, -0.05) is 66.7 Å². The highest BCUT2D eigenvalue weighted by molar-refractivity contribution is 5.82. The Balaban J connectivity index is 1.45. The maximum atomic E-state index is 11.4. The summed E-state index contributed by atoms with van der Waals surface area (Å²) in [7, 11) is 0. The van der Waals surface area contributed by atoms with E-state index < -0.39 is 11.5 Å². The number of likely N-dealkylation sites (tertiary alicyclic amines) is 1. The van der Waals surface area contributed by atoms with Gasteiger partial charge in [-0.15, -0.1) is 10.2 Å². The second-order valence-corrected chi connectivity index (χ2v) is 8.04. The largest absolute Gasteiger partial charge is 0.465 e. The van der Waals surface area contributed by atoms with Gasteiger partial charge in [-0.3, -0.25) is 0 Å². The molecule has 1 fully saturated rings. The van der Waals surface area contributed by atoms with E-state index in [1.54, 1.807) is 4.80 Å². The molecular weight excluding hydrogens is 390 g/mol. The molecule has 0 unspecified atom stereocenters. The minimum Gasteiger partial charge on any atom is -0.465 e. The van der Waals surface area contributed by atoms with E-state index in [2.05, 4.69) is 52.8 Å². The molecule has 4 aromatic rings. The number of aromatic nitrogens is 4. The summed E-state index contributed by atoms with van der Waals surface area (Å²) in [4.78, 5) is 14.5. The van der Waals surface area contributed by atoms with Crippen LogP contribution in [0.15, 0.2) is 72.8 Å². The fourth-order valence-electron chi connectivity index (χ4n) is 4.48. The Kier molecular flexibility index (Phi) is 4.86. The third kappa shape index (κ3) is 3.63. The topological polar surface area (TPSA) is 84.1 Å². The normalized spacial score (nSPS) is 15.8. The first-order valence-electron chi connectivity index (χ1n) is 10.4. The number of benzene rings is 3. The summed E-state index contributed by atoms with van der Waals surface area (Å²) >= 11 is 0. The molecule has 1 N–H and O–H groups in total. The number of hydrogen-bond acceptors (Lipinski definition) is 4. The van der Waals surface area contributed by atoms with Gasteiger partial charge in [-0.05, 0) is 46.0 Å². The van der Waals surface area contributed by atoms with E-state index in [0.29, 0.717) is 38.3 Å². The SMILES string of the molecule is O=C(O)N1CCC(c2ccccc2)(c2nnn(Cc3ccc4ccccc4c3)n2)CC1. The van der Waals surface area contributed by atoms with Crippen LogP contribution in [-0.4, -0.2) is 49.4 Å². The van der Waals surface area contributed by atoms with Crippen LogP contribution in [0.3, 0.4) is 0 Å². The Hall–Kier alpha value is -3.74. The molecule has 7 heteroatoms. The Morgan fingerprint density at radius 2 is 1.65 bits per heavy atom. The van der Waals surface area contributed by atoms with E-state index in [1.165, 1.54) is 15.7 Å². The first-order chi connectivity index (χ1) is 15.1. The first-order valence-corrected chi connectivity index (χ1v) is 10.4. The highest BCUT2D eigenvalue weighted by Crippen LogP contribution is 2.39. The molecule has 1 aliphatic rings. The third-order valence-electron chi connectivity index (χ3n) is 6.23. The molecule has 1 amide bonds. The van der Waals surface area contributed by atoms with E-state index in [0.717, 1.165) is 11.1 Å². The predicted octanol–water partition coefficient (Wildman–Crippen LogP) is 3.93. The number of rotatable bonds is 4. The quantitative estimate of drug-likeness (QED) is 0.548. The molecule has 5 rings (SSSR count). The standard InChI is InChI=1S/C24H23N5O2/c30-23(31)28-14-12-24(13-15-28,21-8-2-1-3-9-21)22-25-27-29(26-22)17-18-10-11-19-6-4-5-7-20(19)16-18/h1-11,16H,12-15,17H2,(H,30,31). The van der Waals surface area contributed by atoms with Gasteiger partial charge in [0.1, 0.15) is 0 Å². The minimum atomic E-state index is -0.880. The molecule has 0 aliphatic carbocycles. The van der Waals surface area contributed by atoms with Crippen molar-refractivity contribution in [3.63, 3.8) is 0 Å².